The molecule has 0 unspecified atom stereocenters. The van der Waals surface area contributed by atoms with Gasteiger partial charge in [0.1, 0.15) is 0 Å². The lowest BCUT2D eigenvalue weighted by Crippen LogP contribution is -2.13. The molecule has 2 aliphatic carbocycles. The molecular formula is C26H18BO2. The topological polar surface area (TPSA) is 18.5 Å². The lowest BCUT2D eigenvalue weighted by molar-refractivity contribution is 0.158. The molecule has 0 saturated carbocycles. The molecule has 0 bridgehead atoms. The number of rotatable bonds is 4. The van der Waals surface area contributed by atoms with E-state index in [0.29, 0.717) is 0 Å². The predicted octanol–water partition coefficient (Wildman–Crippen LogP) is 6.09. The Morgan fingerprint density at radius 1 is 0.414 bits per heavy atom. The predicted molar refractivity (Wildman–Crippen MR) is 115 cm³/mol. The molecule has 0 amide bonds. The Bertz CT molecular complexity index is 1030. The second-order valence-electron chi connectivity index (χ2n) is 7.48. The van der Waals surface area contributed by atoms with Crippen LogP contribution in [0.4, 0.5) is 0 Å². The number of hydrogen-bond donors (Lipinski definition) is 0. The average molecular weight is 373 g/mol. The van der Waals surface area contributed by atoms with Gasteiger partial charge in [0.05, 0.1) is 12.2 Å². The van der Waals surface area contributed by atoms with Gasteiger partial charge >= 0.3 is 7.69 Å². The monoisotopic (exact) mass is 373 g/mol. The fraction of sp³-hybridized carbons (Fsp3) is 0.0769. The fourth-order valence-electron chi connectivity index (χ4n) is 4.66. The van der Waals surface area contributed by atoms with Crippen molar-refractivity contribution in [2.75, 3.05) is 0 Å². The van der Waals surface area contributed by atoms with Crippen LogP contribution in [0.25, 0.3) is 22.3 Å². The van der Waals surface area contributed by atoms with Crippen molar-refractivity contribution < 1.29 is 9.31 Å². The molecule has 137 valence electrons. The number of fused-ring (bicyclic) bond motifs is 6. The van der Waals surface area contributed by atoms with Gasteiger partial charge in [0.15, 0.2) is 0 Å². The lowest BCUT2D eigenvalue weighted by atomic mass is 10.1. The highest BCUT2D eigenvalue weighted by Gasteiger charge is 2.32. The van der Waals surface area contributed by atoms with E-state index >= 15 is 0 Å². The summed E-state index contributed by atoms with van der Waals surface area (Å²) in [6.45, 7) is 0. The summed E-state index contributed by atoms with van der Waals surface area (Å²) >= 11 is 0. The standard InChI is InChI=1S/C26H18BO2/c1-5-13-21-17(9-1)18-10-2-6-14-22(18)25(21)28-27-29-26-23-15-7-3-11-19(23)20-12-4-8-16-24(20)26/h1-16,25-26H. The quantitative estimate of drug-likeness (QED) is 0.403. The summed E-state index contributed by atoms with van der Waals surface area (Å²) in [6, 6.07) is 33.7. The molecule has 3 heteroatoms. The first-order chi connectivity index (χ1) is 14.4. The van der Waals surface area contributed by atoms with Crippen LogP contribution < -0.4 is 0 Å². The number of benzene rings is 4. The first kappa shape index (κ1) is 16.8. The Balaban J connectivity index is 1.28. The molecule has 0 spiro atoms. The minimum absolute atomic E-state index is 0.144. The Hall–Kier alpha value is -3.14. The van der Waals surface area contributed by atoms with Crippen LogP contribution in [0, 0.1) is 0 Å². The Labute approximate surface area is 171 Å². The molecule has 2 aliphatic rings. The average Bonchev–Trinajstić information content (AvgIpc) is 3.28. The largest absolute Gasteiger partial charge is 0.489 e. The first-order valence-electron chi connectivity index (χ1n) is 9.91. The SMILES string of the molecule is [B](OC1c2ccccc2-c2ccccc21)OC1c2ccccc2-c2ccccc21. The second-order valence-corrected chi connectivity index (χ2v) is 7.48. The second kappa shape index (κ2) is 6.73. The van der Waals surface area contributed by atoms with Crippen molar-refractivity contribution in [2.24, 2.45) is 0 Å². The van der Waals surface area contributed by atoms with Gasteiger partial charge in [0, 0.05) is 0 Å². The van der Waals surface area contributed by atoms with Crippen molar-refractivity contribution in [1.29, 1.82) is 0 Å². The van der Waals surface area contributed by atoms with Gasteiger partial charge in [-0.15, -0.1) is 0 Å². The molecule has 29 heavy (non-hydrogen) atoms. The molecule has 4 aromatic rings. The van der Waals surface area contributed by atoms with Crippen molar-refractivity contribution in [1.82, 2.24) is 0 Å². The van der Waals surface area contributed by atoms with Crippen molar-refractivity contribution in [3.05, 3.63) is 119 Å². The summed E-state index contributed by atoms with van der Waals surface area (Å²) in [5.74, 6) is 0. The zero-order valence-corrected chi connectivity index (χ0v) is 15.8. The van der Waals surface area contributed by atoms with E-state index < -0.39 is 0 Å². The third kappa shape index (κ3) is 2.59. The summed E-state index contributed by atoms with van der Waals surface area (Å²) in [4.78, 5) is 0. The van der Waals surface area contributed by atoms with Gasteiger partial charge in [0.25, 0.3) is 0 Å². The van der Waals surface area contributed by atoms with Gasteiger partial charge in [-0.1, -0.05) is 97.1 Å². The van der Waals surface area contributed by atoms with Crippen LogP contribution >= 0.6 is 0 Å². The Kier molecular flexibility index (Phi) is 3.90. The highest BCUT2D eigenvalue weighted by atomic mass is 16.6. The Morgan fingerprint density at radius 2 is 0.690 bits per heavy atom. The molecule has 0 atom stereocenters. The maximum Gasteiger partial charge on any atom is 0.489 e. The fourth-order valence-corrected chi connectivity index (χ4v) is 4.66. The van der Waals surface area contributed by atoms with Crippen molar-refractivity contribution in [3.8, 4) is 22.3 Å². The van der Waals surface area contributed by atoms with Gasteiger partial charge in [0.2, 0.25) is 0 Å². The highest BCUT2D eigenvalue weighted by Crippen LogP contribution is 2.47. The van der Waals surface area contributed by atoms with E-state index in [2.05, 4.69) is 97.1 Å². The van der Waals surface area contributed by atoms with Crippen molar-refractivity contribution in [3.63, 3.8) is 0 Å². The molecule has 1 radical (unpaired) electrons. The minimum atomic E-state index is -0.144. The van der Waals surface area contributed by atoms with E-state index in [-0.39, 0.29) is 12.2 Å². The molecular weight excluding hydrogens is 355 g/mol. The van der Waals surface area contributed by atoms with Gasteiger partial charge in [-0.2, -0.15) is 0 Å². The zero-order chi connectivity index (χ0) is 19.2. The summed E-state index contributed by atoms with van der Waals surface area (Å²) in [5, 5.41) is 0. The first-order valence-corrected chi connectivity index (χ1v) is 9.91. The molecule has 4 aromatic carbocycles. The van der Waals surface area contributed by atoms with E-state index in [1.165, 1.54) is 52.2 Å². The molecule has 0 heterocycles. The van der Waals surface area contributed by atoms with Crippen LogP contribution in [0.2, 0.25) is 0 Å². The van der Waals surface area contributed by atoms with Crippen molar-refractivity contribution in [2.45, 2.75) is 12.2 Å². The molecule has 2 nitrogen and oxygen atoms in total. The van der Waals surface area contributed by atoms with E-state index in [0.717, 1.165) is 0 Å². The normalized spacial score (nSPS) is 14.2. The molecule has 0 aromatic heterocycles. The summed E-state index contributed by atoms with van der Waals surface area (Å²) in [7, 11) is 1.53. The third-order valence-corrected chi connectivity index (χ3v) is 5.94. The van der Waals surface area contributed by atoms with Crippen LogP contribution in [0.3, 0.4) is 0 Å². The van der Waals surface area contributed by atoms with E-state index in [4.69, 9.17) is 9.31 Å². The third-order valence-electron chi connectivity index (χ3n) is 5.94. The summed E-state index contributed by atoms with van der Waals surface area (Å²) in [5.41, 5.74) is 9.66. The van der Waals surface area contributed by atoms with Crippen LogP contribution in [0.5, 0.6) is 0 Å². The van der Waals surface area contributed by atoms with E-state index in [1.54, 1.807) is 0 Å². The molecule has 0 saturated heterocycles. The van der Waals surface area contributed by atoms with Crippen LogP contribution in [0.15, 0.2) is 97.1 Å². The zero-order valence-electron chi connectivity index (χ0n) is 15.8. The molecule has 0 fully saturated rings. The minimum Gasteiger partial charge on any atom is -0.402 e. The smallest absolute Gasteiger partial charge is 0.402 e. The van der Waals surface area contributed by atoms with Crippen LogP contribution in [-0.4, -0.2) is 7.69 Å². The molecule has 0 N–H and O–H groups in total. The maximum absolute atomic E-state index is 6.20. The highest BCUT2D eigenvalue weighted by molar-refractivity contribution is 6.18. The molecule has 0 aliphatic heterocycles. The van der Waals surface area contributed by atoms with Gasteiger partial charge < -0.3 is 9.31 Å². The van der Waals surface area contributed by atoms with Gasteiger partial charge in [-0.3, -0.25) is 0 Å². The maximum atomic E-state index is 6.20. The Morgan fingerprint density at radius 3 is 1.00 bits per heavy atom. The van der Waals surface area contributed by atoms with E-state index in [9.17, 15) is 0 Å². The van der Waals surface area contributed by atoms with E-state index in [1.807, 2.05) is 0 Å². The summed E-state index contributed by atoms with van der Waals surface area (Å²) < 4.78 is 12.4. The molecule has 6 rings (SSSR count). The van der Waals surface area contributed by atoms with Crippen LogP contribution in [-0.2, 0) is 9.31 Å². The van der Waals surface area contributed by atoms with Crippen LogP contribution in [0.1, 0.15) is 34.5 Å². The summed E-state index contributed by atoms with van der Waals surface area (Å²) in [6.07, 6.45) is -0.288. The lowest BCUT2D eigenvalue weighted by Gasteiger charge is -2.18. The number of hydrogen-bond acceptors (Lipinski definition) is 2. The van der Waals surface area contributed by atoms with Gasteiger partial charge in [-0.25, -0.2) is 0 Å². The van der Waals surface area contributed by atoms with Crippen molar-refractivity contribution >= 4 is 7.69 Å². The van der Waals surface area contributed by atoms with Gasteiger partial charge in [-0.05, 0) is 44.5 Å².